The maximum Gasteiger partial charge on any atom is 0.326 e. The van der Waals surface area contributed by atoms with Gasteiger partial charge in [0.2, 0.25) is 0 Å². The van der Waals surface area contributed by atoms with Crippen LogP contribution in [0.15, 0.2) is 12.4 Å². The van der Waals surface area contributed by atoms with Crippen molar-refractivity contribution in [1.29, 1.82) is 0 Å². The number of aromatic amines is 1. The SMILES string of the molecule is O=C(O)C1CCCN1C(=O)NCCc1ncc[nH]1. The zero-order chi connectivity index (χ0) is 13.0. The summed E-state index contributed by atoms with van der Waals surface area (Å²) < 4.78 is 0. The number of urea groups is 1. The van der Waals surface area contributed by atoms with Gasteiger partial charge in [0, 0.05) is 31.9 Å². The number of aliphatic carboxylic acids is 1. The molecule has 1 aromatic heterocycles. The van der Waals surface area contributed by atoms with Crippen LogP contribution in [0.2, 0.25) is 0 Å². The van der Waals surface area contributed by atoms with Gasteiger partial charge in [-0.05, 0) is 12.8 Å². The molecular formula is C11H16N4O3. The van der Waals surface area contributed by atoms with E-state index in [0.29, 0.717) is 25.9 Å². The van der Waals surface area contributed by atoms with E-state index < -0.39 is 12.0 Å². The van der Waals surface area contributed by atoms with E-state index in [9.17, 15) is 9.59 Å². The Bertz CT molecular complexity index is 418. The molecule has 1 aromatic rings. The summed E-state index contributed by atoms with van der Waals surface area (Å²) in [4.78, 5) is 31.1. The van der Waals surface area contributed by atoms with Crippen LogP contribution in [0.25, 0.3) is 0 Å². The molecule has 2 heterocycles. The number of amides is 2. The van der Waals surface area contributed by atoms with Crippen molar-refractivity contribution in [3.8, 4) is 0 Å². The largest absolute Gasteiger partial charge is 0.480 e. The average molecular weight is 252 g/mol. The maximum atomic E-state index is 11.8. The van der Waals surface area contributed by atoms with E-state index in [4.69, 9.17) is 5.11 Å². The number of nitrogens with zero attached hydrogens (tertiary/aromatic N) is 2. The number of H-pyrrole nitrogens is 1. The summed E-state index contributed by atoms with van der Waals surface area (Å²) in [6, 6.07) is -1.000. The van der Waals surface area contributed by atoms with Crippen LogP contribution in [-0.2, 0) is 11.2 Å². The first-order chi connectivity index (χ1) is 8.68. The molecule has 1 aliphatic rings. The van der Waals surface area contributed by atoms with Crippen LogP contribution in [0.3, 0.4) is 0 Å². The first kappa shape index (κ1) is 12.4. The summed E-state index contributed by atoms with van der Waals surface area (Å²) in [6.07, 6.45) is 5.24. The lowest BCUT2D eigenvalue weighted by atomic mass is 10.2. The quantitative estimate of drug-likeness (QED) is 0.713. The van der Waals surface area contributed by atoms with Gasteiger partial charge in [-0.2, -0.15) is 0 Å². The van der Waals surface area contributed by atoms with E-state index >= 15 is 0 Å². The minimum absolute atomic E-state index is 0.313. The second-order valence-electron chi connectivity index (χ2n) is 4.21. The van der Waals surface area contributed by atoms with Crippen molar-refractivity contribution in [1.82, 2.24) is 20.2 Å². The van der Waals surface area contributed by atoms with Gasteiger partial charge in [-0.1, -0.05) is 0 Å². The van der Waals surface area contributed by atoms with Gasteiger partial charge in [0.05, 0.1) is 0 Å². The van der Waals surface area contributed by atoms with Gasteiger partial charge in [0.25, 0.3) is 0 Å². The summed E-state index contributed by atoms with van der Waals surface area (Å²) >= 11 is 0. The molecule has 7 heteroatoms. The van der Waals surface area contributed by atoms with Crippen LogP contribution in [0.5, 0.6) is 0 Å². The lowest BCUT2D eigenvalue weighted by molar-refractivity contribution is -0.141. The lowest BCUT2D eigenvalue weighted by Crippen LogP contribution is -2.46. The monoisotopic (exact) mass is 252 g/mol. The van der Waals surface area contributed by atoms with E-state index in [1.54, 1.807) is 12.4 Å². The van der Waals surface area contributed by atoms with Crippen molar-refractivity contribution in [2.45, 2.75) is 25.3 Å². The second kappa shape index (κ2) is 5.52. The molecule has 0 spiro atoms. The Morgan fingerprint density at radius 3 is 3.11 bits per heavy atom. The van der Waals surface area contributed by atoms with E-state index in [2.05, 4.69) is 15.3 Å². The fourth-order valence-corrected chi connectivity index (χ4v) is 2.09. The van der Waals surface area contributed by atoms with E-state index in [0.717, 1.165) is 12.2 Å². The normalized spacial score (nSPS) is 18.9. The molecule has 0 saturated carbocycles. The highest BCUT2D eigenvalue weighted by Gasteiger charge is 2.33. The van der Waals surface area contributed by atoms with Gasteiger partial charge in [0.15, 0.2) is 0 Å². The molecule has 1 aliphatic heterocycles. The third-order valence-electron chi connectivity index (χ3n) is 2.99. The number of likely N-dealkylation sites (tertiary alicyclic amines) is 1. The molecule has 7 nitrogen and oxygen atoms in total. The molecule has 1 fully saturated rings. The highest BCUT2D eigenvalue weighted by atomic mass is 16.4. The Morgan fingerprint density at radius 1 is 1.61 bits per heavy atom. The van der Waals surface area contributed by atoms with Gasteiger partial charge in [0.1, 0.15) is 11.9 Å². The van der Waals surface area contributed by atoms with Gasteiger partial charge in [-0.25, -0.2) is 14.6 Å². The lowest BCUT2D eigenvalue weighted by Gasteiger charge is -2.21. The predicted molar refractivity (Wildman–Crippen MR) is 63.1 cm³/mol. The van der Waals surface area contributed by atoms with Gasteiger partial charge in [-0.3, -0.25) is 0 Å². The predicted octanol–water partition coefficient (Wildman–Crippen LogP) is 0.211. The molecule has 1 unspecified atom stereocenters. The minimum atomic E-state index is -0.936. The fourth-order valence-electron chi connectivity index (χ4n) is 2.09. The Kier molecular flexibility index (Phi) is 3.81. The topological polar surface area (TPSA) is 98.3 Å². The number of hydrogen-bond acceptors (Lipinski definition) is 3. The van der Waals surface area contributed by atoms with E-state index in [1.165, 1.54) is 4.90 Å². The first-order valence-corrected chi connectivity index (χ1v) is 5.94. The molecule has 2 amide bonds. The zero-order valence-electron chi connectivity index (χ0n) is 9.93. The van der Waals surface area contributed by atoms with Crippen LogP contribution in [-0.4, -0.2) is 51.1 Å². The number of hydrogen-bond donors (Lipinski definition) is 3. The van der Waals surface area contributed by atoms with Crippen LogP contribution in [0.1, 0.15) is 18.7 Å². The van der Waals surface area contributed by atoms with E-state index in [1.807, 2.05) is 0 Å². The molecule has 0 radical (unpaired) electrons. The number of nitrogens with one attached hydrogen (secondary N) is 2. The summed E-state index contributed by atoms with van der Waals surface area (Å²) in [5, 5.41) is 11.7. The summed E-state index contributed by atoms with van der Waals surface area (Å²) in [5.41, 5.74) is 0. The highest BCUT2D eigenvalue weighted by molar-refractivity contribution is 5.83. The van der Waals surface area contributed by atoms with Crippen molar-refractivity contribution in [3.05, 3.63) is 18.2 Å². The number of carbonyl (C=O) groups excluding carboxylic acids is 1. The Balaban J connectivity index is 1.79. The molecule has 0 aliphatic carbocycles. The highest BCUT2D eigenvalue weighted by Crippen LogP contribution is 2.17. The molecule has 2 rings (SSSR count). The third kappa shape index (κ3) is 2.79. The Morgan fingerprint density at radius 2 is 2.44 bits per heavy atom. The van der Waals surface area contributed by atoms with Crippen molar-refractivity contribution >= 4 is 12.0 Å². The number of imidazole rings is 1. The van der Waals surface area contributed by atoms with E-state index in [-0.39, 0.29) is 6.03 Å². The van der Waals surface area contributed by atoms with Crippen LogP contribution in [0, 0.1) is 0 Å². The molecule has 18 heavy (non-hydrogen) atoms. The molecular weight excluding hydrogens is 236 g/mol. The number of carboxylic acid groups (broad SMARTS) is 1. The Hall–Kier alpha value is -2.05. The third-order valence-corrected chi connectivity index (χ3v) is 2.99. The second-order valence-corrected chi connectivity index (χ2v) is 4.21. The fraction of sp³-hybridized carbons (Fsp3) is 0.545. The number of aromatic nitrogens is 2. The molecule has 1 saturated heterocycles. The van der Waals surface area contributed by atoms with Crippen molar-refractivity contribution < 1.29 is 14.7 Å². The maximum absolute atomic E-state index is 11.8. The van der Waals surface area contributed by atoms with Crippen LogP contribution >= 0.6 is 0 Å². The number of carbonyl (C=O) groups is 2. The molecule has 0 aromatic carbocycles. The van der Waals surface area contributed by atoms with Gasteiger partial charge < -0.3 is 20.3 Å². The summed E-state index contributed by atoms with van der Waals surface area (Å²) in [7, 11) is 0. The minimum Gasteiger partial charge on any atom is -0.480 e. The molecule has 0 bridgehead atoms. The zero-order valence-corrected chi connectivity index (χ0v) is 9.93. The Labute approximate surface area is 104 Å². The number of carboxylic acids is 1. The molecule has 3 N–H and O–H groups in total. The molecule has 98 valence electrons. The molecule has 1 atom stereocenters. The smallest absolute Gasteiger partial charge is 0.326 e. The van der Waals surface area contributed by atoms with Crippen molar-refractivity contribution in [2.24, 2.45) is 0 Å². The standard InChI is InChI=1S/C11H16N4O3/c16-10(17)8-2-1-7-15(8)11(18)14-4-3-9-12-5-6-13-9/h5-6,8H,1-4,7H2,(H,12,13)(H,14,18)(H,16,17). The summed E-state index contributed by atoms with van der Waals surface area (Å²) in [5.74, 6) is -0.139. The summed E-state index contributed by atoms with van der Waals surface area (Å²) in [6.45, 7) is 0.943. The van der Waals surface area contributed by atoms with Crippen LogP contribution < -0.4 is 5.32 Å². The van der Waals surface area contributed by atoms with Gasteiger partial charge >= 0.3 is 12.0 Å². The van der Waals surface area contributed by atoms with Gasteiger partial charge in [-0.15, -0.1) is 0 Å². The van der Waals surface area contributed by atoms with Crippen molar-refractivity contribution in [2.75, 3.05) is 13.1 Å². The first-order valence-electron chi connectivity index (χ1n) is 5.94. The number of rotatable bonds is 4. The van der Waals surface area contributed by atoms with Crippen molar-refractivity contribution in [3.63, 3.8) is 0 Å². The average Bonchev–Trinajstić information content (AvgIpc) is 2.99. The van der Waals surface area contributed by atoms with Crippen LogP contribution in [0.4, 0.5) is 4.79 Å².